The first-order valence-corrected chi connectivity index (χ1v) is 6.72. The van der Waals surface area contributed by atoms with E-state index in [9.17, 15) is 4.79 Å². The van der Waals surface area contributed by atoms with Crippen LogP contribution < -0.4 is 5.32 Å². The van der Waals surface area contributed by atoms with Crippen molar-refractivity contribution in [1.29, 1.82) is 0 Å². The van der Waals surface area contributed by atoms with Crippen molar-refractivity contribution in [2.45, 2.75) is 39.5 Å². The van der Waals surface area contributed by atoms with Crippen LogP contribution in [-0.2, 0) is 14.2 Å². The van der Waals surface area contributed by atoms with E-state index in [4.69, 9.17) is 14.2 Å². The van der Waals surface area contributed by atoms with Crippen molar-refractivity contribution in [2.75, 3.05) is 25.2 Å². The van der Waals surface area contributed by atoms with Crippen LogP contribution in [0.5, 0.6) is 0 Å². The highest BCUT2D eigenvalue weighted by atomic mass is 79.9. The molecule has 1 N–H and O–H groups in total. The summed E-state index contributed by atoms with van der Waals surface area (Å²) in [6, 6.07) is 0. The molecule has 0 aliphatic carbocycles. The van der Waals surface area contributed by atoms with Gasteiger partial charge in [-0.2, -0.15) is 0 Å². The molecule has 0 aromatic rings. The van der Waals surface area contributed by atoms with Crippen molar-refractivity contribution in [3.05, 3.63) is 0 Å². The summed E-state index contributed by atoms with van der Waals surface area (Å²) in [5, 5.41) is 3.38. The molecule has 0 aromatic heterocycles. The van der Waals surface area contributed by atoms with E-state index in [0.29, 0.717) is 19.8 Å². The van der Waals surface area contributed by atoms with E-state index in [1.54, 1.807) is 6.92 Å². The Morgan fingerprint density at radius 1 is 1.29 bits per heavy atom. The van der Waals surface area contributed by atoms with Crippen molar-refractivity contribution < 1.29 is 19.0 Å². The van der Waals surface area contributed by atoms with Crippen LogP contribution in [0.1, 0.15) is 27.7 Å². The third kappa shape index (κ3) is 11.9. The number of alkyl halides is 1. The fourth-order valence-electron chi connectivity index (χ4n) is 0.956. The van der Waals surface area contributed by atoms with Gasteiger partial charge in [0, 0.05) is 5.33 Å². The van der Waals surface area contributed by atoms with E-state index in [1.165, 1.54) is 0 Å². The molecular weight excluding hydrogens is 290 g/mol. The van der Waals surface area contributed by atoms with Crippen LogP contribution >= 0.6 is 15.9 Å². The maximum Gasteiger partial charge on any atom is 0.409 e. The van der Waals surface area contributed by atoms with E-state index in [0.717, 1.165) is 5.33 Å². The molecule has 0 bridgehead atoms. The van der Waals surface area contributed by atoms with Gasteiger partial charge in [0.15, 0.2) is 0 Å². The Balaban J connectivity index is 3.57. The maximum absolute atomic E-state index is 11.4. The zero-order valence-electron chi connectivity index (χ0n) is 10.9. The largest absolute Gasteiger partial charge is 0.444 e. The molecular formula is C11H22BrNO4. The molecule has 0 heterocycles. The molecule has 17 heavy (non-hydrogen) atoms. The minimum atomic E-state index is -0.497. The highest BCUT2D eigenvalue weighted by Gasteiger charge is 2.17. The summed E-state index contributed by atoms with van der Waals surface area (Å²) in [6.07, 6.45) is -0.871. The lowest BCUT2D eigenvalue weighted by Gasteiger charge is -2.22. The number of carbonyl (C=O) groups is 1. The number of ether oxygens (including phenoxy) is 3. The summed E-state index contributed by atoms with van der Waals surface area (Å²) in [6.45, 7) is 8.77. The lowest BCUT2D eigenvalue weighted by atomic mass is 10.2. The molecule has 1 amide bonds. The van der Waals surface area contributed by atoms with Crippen molar-refractivity contribution in [3.63, 3.8) is 0 Å². The second kappa shape index (κ2) is 8.72. The zero-order chi connectivity index (χ0) is 13.3. The number of halogens is 1. The molecule has 5 nitrogen and oxygen atoms in total. The summed E-state index contributed by atoms with van der Waals surface area (Å²) < 4.78 is 15.6. The second-order valence-electron chi connectivity index (χ2n) is 4.46. The predicted octanol–water partition coefficient (Wildman–Crippen LogP) is 2.29. The Morgan fingerprint density at radius 2 is 1.94 bits per heavy atom. The molecule has 0 aromatic carbocycles. The topological polar surface area (TPSA) is 56.8 Å². The van der Waals surface area contributed by atoms with Gasteiger partial charge in [-0.15, -0.1) is 0 Å². The molecule has 0 fully saturated rings. The molecule has 0 spiro atoms. The van der Waals surface area contributed by atoms with Gasteiger partial charge in [0.1, 0.15) is 11.8 Å². The lowest BCUT2D eigenvalue weighted by molar-refractivity contribution is -0.00893. The van der Waals surface area contributed by atoms with Crippen LogP contribution in [0.15, 0.2) is 0 Å². The predicted molar refractivity (Wildman–Crippen MR) is 69.4 cm³/mol. The minimum Gasteiger partial charge on any atom is -0.444 e. The van der Waals surface area contributed by atoms with Crippen molar-refractivity contribution in [2.24, 2.45) is 0 Å². The number of amides is 1. The van der Waals surface area contributed by atoms with Crippen molar-refractivity contribution in [1.82, 2.24) is 5.32 Å². The molecule has 0 saturated carbocycles. The highest BCUT2D eigenvalue weighted by molar-refractivity contribution is 9.09. The quantitative estimate of drug-likeness (QED) is 0.445. The molecule has 0 rings (SSSR count). The van der Waals surface area contributed by atoms with Gasteiger partial charge < -0.3 is 14.2 Å². The Hall–Kier alpha value is -0.330. The number of carbonyl (C=O) groups excluding carboxylic acids is 1. The van der Waals surface area contributed by atoms with E-state index >= 15 is 0 Å². The van der Waals surface area contributed by atoms with Crippen molar-refractivity contribution >= 4 is 22.0 Å². The first-order chi connectivity index (χ1) is 7.85. The van der Waals surface area contributed by atoms with Gasteiger partial charge in [0.25, 0.3) is 0 Å². The Morgan fingerprint density at radius 3 is 2.47 bits per heavy atom. The fraction of sp³-hybridized carbons (Fsp3) is 0.909. The van der Waals surface area contributed by atoms with Gasteiger partial charge in [-0.05, 0) is 27.7 Å². The first kappa shape index (κ1) is 16.7. The standard InChI is InChI=1S/C11H22BrNO4/c1-9(16-8-7-15-6-5-12)13-10(14)17-11(2,3)4/h9H,5-8H2,1-4H3,(H,13,14). The van der Waals surface area contributed by atoms with Gasteiger partial charge in [-0.1, -0.05) is 15.9 Å². The molecule has 1 atom stereocenters. The SMILES string of the molecule is CC(NC(=O)OC(C)(C)C)OCCOCCBr. The number of hydrogen-bond acceptors (Lipinski definition) is 4. The average molecular weight is 312 g/mol. The van der Waals surface area contributed by atoms with Crippen LogP contribution in [0.2, 0.25) is 0 Å². The highest BCUT2D eigenvalue weighted by Crippen LogP contribution is 2.06. The summed E-state index contributed by atoms with van der Waals surface area (Å²) in [4.78, 5) is 11.4. The number of alkyl carbamates (subject to hydrolysis) is 1. The fourth-order valence-corrected chi connectivity index (χ4v) is 1.18. The summed E-state index contributed by atoms with van der Waals surface area (Å²) in [5.41, 5.74) is -0.497. The van der Waals surface area contributed by atoms with Crippen LogP contribution in [0.25, 0.3) is 0 Å². The van der Waals surface area contributed by atoms with Crippen LogP contribution in [-0.4, -0.2) is 43.1 Å². The normalized spacial score (nSPS) is 13.2. The minimum absolute atomic E-state index is 0.391. The monoisotopic (exact) mass is 311 g/mol. The molecule has 0 radical (unpaired) electrons. The first-order valence-electron chi connectivity index (χ1n) is 5.60. The van der Waals surface area contributed by atoms with Gasteiger partial charge in [0.05, 0.1) is 19.8 Å². The molecule has 6 heteroatoms. The third-order valence-corrected chi connectivity index (χ3v) is 1.86. The molecule has 0 aliphatic rings. The van der Waals surface area contributed by atoms with Gasteiger partial charge in [-0.3, -0.25) is 5.32 Å². The van der Waals surface area contributed by atoms with Crippen LogP contribution in [0.4, 0.5) is 4.79 Å². The van der Waals surface area contributed by atoms with E-state index in [2.05, 4.69) is 21.2 Å². The Labute approximate surface area is 111 Å². The van der Waals surface area contributed by atoms with Crippen molar-refractivity contribution in [3.8, 4) is 0 Å². The Kier molecular flexibility index (Phi) is 8.55. The maximum atomic E-state index is 11.4. The molecule has 0 aliphatic heterocycles. The Bertz CT molecular complexity index is 218. The number of nitrogens with one attached hydrogen (secondary N) is 1. The summed E-state index contributed by atoms with van der Waals surface area (Å²) in [7, 11) is 0. The summed E-state index contributed by atoms with van der Waals surface area (Å²) >= 11 is 3.25. The molecule has 102 valence electrons. The number of hydrogen-bond donors (Lipinski definition) is 1. The smallest absolute Gasteiger partial charge is 0.409 e. The van der Waals surface area contributed by atoms with Gasteiger partial charge >= 0.3 is 6.09 Å². The van der Waals surface area contributed by atoms with Crippen LogP contribution in [0, 0.1) is 0 Å². The molecule has 0 saturated heterocycles. The van der Waals surface area contributed by atoms with E-state index in [-0.39, 0.29) is 0 Å². The lowest BCUT2D eigenvalue weighted by Crippen LogP contribution is -2.39. The summed E-state index contributed by atoms with van der Waals surface area (Å²) in [5.74, 6) is 0. The van der Waals surface area contributed by atoms with Gasteiger partial charge in [-0.25, -0.2) is 4.79 Å². The third-order valence-electron chi connectivity index (χ3n) is 1.54. The van der Waals surface area contributed by atoms with Gasteiger partial charge in [0.2, 0.25) is 0 Å². The molecule has 1 unspecified atom stereocenters. The van der Waals surface area contributed by atoms with E-state index < -0.39 is 17.9 Å². The van der Waals surface area contributed by atoms with Crippen LogP contribution in [0.3, 0.4) is 0 Å². The number of rotatable bonds is 7. The van der Waals surface area contributed by atoms with E-state index in [1.807, 2.05) is 20.8 Å². The second-order valence-corrected chi connectivity index (χ2v) is 5.25. The average Bonchev–Trinajstić information content (AvgIpc) is 2.14. The zero-order valence-corrected chi connectivity index (χ0v) is 12.5.